The number of likely N-dealkylation sites (tertiary alicyclic amines) is 1. The summed E-state index contributed by atoms with van der Waals surface area (Å²) in [6.07, 6.45) is -4.09. The molecule has 3 rings (SSSR count). The Labute approximate surface area is 190 Å². The molecule has 1 heterocycles. The maximum atomic E-state index is 13.1. The fraction of sp³-hybridized carbons (Fsp3) is 0.364. The predicted octanol–water partition coefficient (Wildman–Crippen LogP) is 3.25. The Bertz CT molecular complexity index is 1080. The highest BCUT2D eigenvalue weighted by molar-refractivity contribution is 7.89. The molecule has 11 heteroatoms. The van der Waals surface area contributed by atoms with Crippen molar-refractivity contribution in [3.05, 3.63) is 60.2 Å². The summed E-state index contributed by atoms with van der Waals surface area (Å²) in [5.41, 5.74) is -0.569. The Morgan fingerprint density at radius 3 is 2.21 bits per heavy atom. The minimum absolute atomic E-state index is 0.121. The summed E-state index contributed by atoms with van der Waals surface area (Å²) in [5, 5.41) is 2.84. The van der Waals surface area contributed by atoms with E-state index in [2.05, 4.69) is 10.0 Å². The highest BCUT2D eigenvalue weighted by Crippen LogP contribution is 2.33. The third-order valence-corrected chi connectivity index (χ3v) is 6.89. The molecule has 0 saturated carbocycles. The highest BCUT2D eigenvalue weighted by Gasteiger charge is 2.36. The zero-order chi connectivity index (χ0) is 24.1. The van der Waals surface area contributed by atoms with Gasteiger partial charge in [0.1, 0.15) is 0 Å². The number of piperidine rings is 1. The molecule has 2 amide bonds. The summed E-state index contributed by atoms with van der Waals surface area (Å²) >= 11 is 0. The molecule has 178 valence electrons. The van der Waals surface area contributed by atoms with Gasteiger partial charge in [-0.1, -0.05) is 30.3 Å². The summed E-state index contributed by atoms with van der Waals surface area (Å²) in [6.45, 7) is 0.354. The second-order valence-electron chi connectivity index (χ2n) is 7.65. The van der Waals surface area contributed by atoms with Crippen molar-refractivity contribution >= 4 is 27.5 Å². The maximum Gasteiger partial charge on any atom is 0.417 e. The molecule has 1 saturated heterocycles. The van der Waals surface area contributed by atoms with E-state index < -0.39 is 26.7 Å². The Morgan fingerprint density at radius 1 is 0.970 bits per heavy atom. The molecule has 1 aliphatic rings. The molecule has 0 atom stereocenters. The first kappa shape index (κ1) is 24.7. The van der Waals surface area contributed by atoms with Crippen LogP contribution in [0.2, 0.25) is 0 Å². The number of alkyl halides is 3. The molecule has 0 radical (unpaired) electrons. The number of benzene rings is 2. The van der Waals surface area contributed by atoms with Gasteiger partial charge < -0.3 is 10.2 Å². The molecule has 2 aromatic carbocycles. The minimum Gasteiger partial charge on any atom is -0.343 e. The normalized spacial score (nSPS) is 15.3. The first-order chi connectivity index (χ1) is 15.6. The third-order valence-electron chi connectivity index (χ3n) is 5.37. The van der Waals surface area contributed by atoms with Crippen molar-refractivity contribution < 1.29 is 31.2 Å². The average molecular weight is 484 g/mol. The van der Waals surface area contributed by atoms with Gasteiger partial charge in [-0.25, -0.2) is 13.1 Å². The van der Waals surface area contributed by atoms with E-state index in [0.717, 1.165) is 12.1 Å². The molecular formula is C22H24F3N3O4S. The molecule has 1 aliphatic heterocycles. The Hall–Kier alpha value is -2.92. The summed E-state index contributed by atoms with van der Waals surface area (Å²) in [4.78, 5) is 25.5. The molecule has 0 spiro atoms. The summed E-state index contributed by atoms with van der Waals surface area (Å²) in [5.74, 6) is -0.695. The zero-order valence-electron chi connectivity index (χ0n) is 17.6. The smallest absolute Gasteiger partial charge is 0.343 e. The van der Waals surface area contributed by atoms with Gasteiger partial charge in [0.25, 0.3) is 0 Å². The molecule has 2 aromatic rings. The van der Waals surface area contributed by atoms with E-state index >= 15 is 0 Å². The topological polar surface area (TPSA) is 95.6 Å². The number of rotatable bonds is 7. The van der Waals surface area contributed by atoms with Crippen molar-refractivity contribution in [1.82, 2.24) is 9.62 Å². The molecule has 2 N–H and O–H groups in total. The molecule has 1 fully saturated rings. The van der Waals surface area contributed by atoms with Gasteiger partial charge in [0.05, 0.1) is 10.5 Å². The van der Waals surface area contributed by atoms with Crippen LogP contribution in [-0.2, 0) is 25.8 Å². The molecule has 0 aliphatic carbocycles. The fourth-order valence-corrected chi connectivity index (χ4v) is 4.88. The van der Waals surface area contributed by atoms with Crippen LogP contribution >= 0.6 is 0 Å². The van der Waals surface area contributed by atoms with E-state index in [0.29, 0.717) is 37.7 Å². The summed E-state index contributed by atoms with van der Waals surface area (Å²) < 4.78 is 66.1. The van der Waals surface area contributed by atoms with Crippen LogP contribution < -0.4 is 10.0 Å². The number of anilines is 1. The predicted molar refractivity (Wildman–Crippen MR) is 116 cm³/mol. The fourth-order valence-electron chi connectivity index (χ4n) is 3.62. The zero-order valence-corrected chi connectivity index (χ0v) is 18.5. The van der Waals surface area contributed by atoms with Crippen LogP contribution in [0.25, 0.3) is 0 Å². The number of hydrogen-bond donors (Lipinski definition) is 2. The lowest BCUT2D eigenvalue weighted by atomic mass is 9.95. The van der Waals surface area contributed by atoms with Gasteiger partial charge in [0.15, 0.2) is 0 Å². The van der Waals surface area contributed by atoms with Crippen molar-refractivity contribution in [3.63, 3.8) is 0 Å². The Kier molecular flexibility index (Phi) is 7.75. The standard InChI is InChI=1S/C22H24F3N3O4S/c23-22(24,25)18-8-4-5-9-19(18)33(31,32)26-13-10-20(29)28-14-11-16(12-15-28)21(30)27-17-6-2-1-3-7-17/h1-9,16,26H,10-15H2,(H,27,30). The first-order valence-electron chi connectivity index (χ1n) is 10.4. The van der Waals surface area contributed by atoms with E-state index in [1.54, 1.807) is 12.1 Å². The van der Waals surface area contributed by atoms with Crippen LogP contribution in [0.3, 0.4) is 0 Å². The van der Waals surface area contributed by atoms with Crippen LogP contribution in [0.1, 0.15) is 24.8 Å². The van der Waals surface area contributed by atoms with Crippen LogP contribution in [0, 0.1) is 5.92 Å². The first-order valence-corrected chi connectivity index (χ1v) is 11.9. The minimum atomic E-state index is -4.82. The van der Waals surface area contributed by atoms with Crippen molar-refractivity contribution in [2.75, 3.05) is 25.0 Å². The average Bonchev–Trinajstić information content (AvgIpc) is 2.79. The van der Waals surface area contributed by atoms with Crippen LogP contribution in [0.5, 0.6) is 0 Å². The number of carbonyl (C=O) groups is 2. The van der Waals surface area contributed by atoms with Gasteiger partial charge in [-0.2, -0.15) is 13.2 Å². The van der Waals surface area contributed by atoms with Crippen molar-refractivity contribution in [2.24, 2.45) is 5.92 Å². The summed E-state index contributed by atoms with van der Waals surface area (Å²) in [7, 11) is -4.44. The number of halogens is 3. The van der Waals surface area contributed by atoms with E-state index in [1.165, 1.54) is 11.0 Å². The van der Waals surface area contributed by atoms with Gasteiger partial charge >= 0.3 is 6.18 Å². The molecule has 0 unspecified atom stereocenters. The van der Waals surface area contributed by atoms with Gasteiger partial charge in [0, 0.05) is 37.7 Å². The number of hydrogen-bond acceptors (Lipinski definition) is 4. The quantitative estimate of drug-likeness (QED) is 0.632. The maximum absolute atomic E-state index is 13.1. The second-order valence-corrected chi connectivity index (χ2v) is 9.39. The lowest BCUT2D eigenvalue weighted by Gasteiger charge is -2.31. The van der Waals surface area contributed by atoms with Gasteiger partial charge in [-0.15, -0.1) is 0 Å². The summed E-state index contributed by atoms with van der Waals surface area (Å²) in [6, 6.07) is 12.9. The molecule has 7 nitrogen and oxygen atoms in total. The van der Waals surface area contributed by atoms with Crippen LogP contribution in [0.4, 0.5) is 18.9 Å². The number of para-hydroxylation sites is 1. The van der Waals surface area contributed by atoms with E-state index in [4.69, 9.17) is 0 Å². The number of amides is 2. The largest absolute Gasteiger partial charge is 0.417 e. The molecule has 0 bridgehead atoms. The van der Waals surface area contributed by atoms with Crippen LogP contribution in [0.15, 0.2) is 59.5 Å². The van der Waals surface area contributed by atoms with Crippen molar-refractivity contribution in [1.29, 1.82) is 0 Å². The monoisotopic (exact) mass is 483 g/mol. The van der Waals surface area contributed by atoms with Crippen molar-refractivity contribution in [3.8, 4) is 0 Å². The SMILES string of the molecule is O=C(Nc1ccccc1)C1CCN(C(=O)CCNS(=O)(=O)c2ccccc2C(F)(F)F)CC1. The molecular weight excluding hydrogens is 459 g/mol. The Morgan fingerprint density at radius 2 is 1.58 bits per heavy atom. The number of carbonyl (C=O) groups excluding carboxylic acids is 2. The number of nitrogens with zero attached hydrogens (tertiary/aromatic N) is 1. The van der Waals surface area contributed by atoms with E-state index in [-0.39, 0.29) is 30.7 Å². The van der Waals surface area contributed by atoms with E-state index in [9.17, 15) is 31.2 Å². The van der Waals surface area contributed by atoms with Gasteiger partial charge in [-0.3, -0.25) is 9.59 Å². The molecule has 0 aromatic heterocycles. The van der Waals surface area contributed by atoms with E-state index in [1.807, 2.05) is 18.2 Å². The van der Waals surface area contributed by atoms with Gasteiger partial charge in [0.2, 0.25) is 21.8 Å². The number of nitrogens with one attached hydrogen (secondary N) is 2. The second kappa shape index (κ2) is 10.3. The highest BCUT2D eigenvalue weighted by atomic mass is 32.2. The molecule has 33 heavy (non-hydrogen) atoms. The third kappa shape index (κ3) is 6.55. The Balaban J connectivity index is 1.48. The number of sulfonamides is 1. The van der Waals surface area contributed by atoms with Crippen molar-refractivity contribution in [2.45, 2.75) is 30.3 Å². The van der Waals surface area contributed by atoms with Gasteiger partial charge in [-0.05, 0) is 37.1 Å². The lowest BCUT2D eigenvalue weighted by Crippen LogP contribution is -2.42. The van der Waals surface area contributed by atoms with Crippen LogP contribution in [-0.4, -0.2) is 44.8 Å². The lowest BCUT2D eigenvalue weighted by molar-refractivity contribution is -0.140.